The molecular formula is C17H21N7. The van der Waals surface area contributed by atoms with E-state index in [0.717, 1.165) is 40.9 Å². The Labute approximate surface area is 140 Å². The van der Waals surface area contributed by atoms with E-state index < -0.39 is 0 Å². The molecule has 0 aliphatic carbocycles. The normalized spacial score (nSPS) is 17.7. The van der Waals surface area contributed by atoms with Crippen LogP contribution in [-0.4, -0.2) is 32.8 Å². The van der Waals surface area contributed by atoms with Crippen molar-refractivity contribution in [2.75, 3.05) is 22.9 Å². The Hall–Kier alpha value is -2.83. The predicted molar refractivity (Wildman–Crippen MR) is 96.6 cm³/mol. The molecule has 1 fully saturated rings. The molecule has 2 aromatic heterocycles. The number of aromatic amines is 1. The minimum absolute atomic E-state index is 0.300. The van der Waals surface area contributed by atoms with Crippen LogP contribution in [0.5, 0.6) is 0 Å². The first-order valence-electron chi connectivity index (χ1n) is 8.31. The highest BCUT2D eigenvalue weighted by atomic mass is 15.2. The molecule has 0 spiro atoms. The Morgan fingerprint density at radius 1 is 1.25 bits per heavy atom. The van der Waals surface area contributed by atoms with Gasteiger partial charge >= 0.3 is 0 Å². The van der Waals surface area contributed by atoms with E-state index in [4.69, 9.17) is 11.5 Å². The van der Waals surface area contributed by atoms with Crippen molar-refractivity contribution in [2.45, 2.75) is 32.2 Å². The van der Waals surface area contributed by atoms with E-state index >= 15 is 0 Å². The van der Waals surface area contributed by atoms with E-state index in [1.54, 1.807) is 0 Å². The van der Waals surface area contributed by atoms with Gasteiger partial charge in [0, 0.05) is 29.6 Å². The average Bonchev–Trinajstić information content (AvgIpc) is 3.21. The lowest BCUT2D eigenvalue weighted by atomic mass is 10.1. The van der Waals surface area contributed by atoms with Crippen LogP contribution >= 0.6 is 0 Å². The first-order chi connectivity index (χ1) is 11.7. The number of hydrogen-bond donors (Lipinski definition) is 3. The lowest BCUT2D eigenvalue weighted by Gasteiger charge is -2.25. The van der Waals surface area contributed by atoms with E-state index in [1.807, 2.05) is 24.3 Å². The van der Waals surface area contributed by atoms with E-state index in [9.17, 15) is 0 Å². The van der Waals surface area contributed by atoms with Gasteiger partial charge in [0.05, 0.1) is 11.2 Å². The fourth-order valence-electron chi connectivity index (χ4n) is 3.51. The second-order valence-corrected chi connectivity index (χ2v) is 6.24. The molecule has 1 aliphatic rings. The maximum absolute atomic E-state index is 5.98. The number of fused-ring (bicyclic) bond motifs is 1. The monoisotopic (exact) mass is 323 g/mol. The van der Waals surface area contributed by atoms with Gasteiger partial charge in [0.25, 0.3) is 0 Å². The summed E-state index contributed by atoms with van der Waals surface area (Å²) in [6.07, 6.45) is 3.50. The maximum Gasteiger partial charge on any atom is 0.222 e. The topological polar surface area (TPSA) is 110 Å². The molecule has 0 radical (unpaired) electrons. The largest absolute Gasteiger partial charge is 0.382 e. The molecule has 4 rings (SSSR count). The van der Waals surface area contributed by atoms with Crippen molar-refractivity contribution in [3.63, 3.8) is 0 Å². The molecule has 3 aromatic rings. The van der Waals surface area contributed by atoms with E-state index in [0.29, 0.717) is 17.8 Å². The smallest absolute Gasteiger partial charge is 0.222 e. The van der Waals surface area contributed by atoms with Gasteiger partial charge in [-0.2, -0.15) is 10.1 Å². The number of anilines is 3. The second-order valence-electron chi connectivity index (χ2n) is 6.24. The van der Waals surface area contributed by atoms with Crippen molar-refractivity contribution in [3.8, 4) is 11.3 Å². The zero-order chi connectivity index (χ0) is 16.7. The summed E-state index contributed by atoms with van der Waals surface area (Å²) in [5.41, 5.74) is 14.5. The SMILES string of the molecule is CC[C@@H]1CCCN1c1cc(-c2ccc3c(N)n[nH]c3c2)nc(N)n1. The number of nitrogens with zero attached hydrogens (tertiary/aromatic N) is 4. The molecule has 124 valence electrons. The van der Waals surface area contributed by atoms with Gasteiger partial charge in [-0.1, -0.05) is 13.0 Å². The number of nitrogen functional groups attached to an aromatic ring is 2. The summed E-state index contributed by atoms with van der Waals surface area (Å²) in [5.74, 6) is 1.71. The molecule has 1 atom stereocenters. The lowest BCUT2D eigenvalue weighted by Crippen LogP contribution is -2.29. The lowest BCUT2D eigenvalue weighted by molar-refractivity contribution is 0.640. The number of H-pyrrole nitrogens is 1. The first-order valence-corrected chi connectivity index (χ1v) is 8.31. The Morgan fingerprint density at radius 3 is 2.96 bits per heavy atom. The van der Waals surface area contributed by atoms with Crippen LogP contribution in [0.1, 0.15) is 26.2 Å². The minimum Gasteiger partial charge on any atom is -0.382 e. The molecule has 1 aromatic carbocycles. The van der Waals surface area contributed by atoms with Crippen LogP contribution in [0.2, 0.25) is 0 Å². The van der Waals surface area contributed by atoms with Crippen LogP contribution in [0.4, 0.5) is 17.6 Å². The summed E-state index contributed by atoms with van der Waals surface area (Å²) in [5, 5.41) is 7.88. The van der Waals surface area contributed by atoms with E-state index in [2.05, 4.69) is 32.0 Å². The van der Waals surface area contributed by atoms with Crippen molar-refractivity contribution >= 4 is 28.5 Å². The van der Waals surface area contributed by atoms with E-state index in [1.165, 1.54) is 12.8 Å². The van der Waals surface area contributed by atoms with Gasteiger partial charge in [0.15, 0.2) is 5.82 Å². The molecule has 0 bridgehead atoms. The van der Waals surface area contributed by atoms with Crippen molar-refractivity contribution in [1.29, 1.82) is 0 Å². The molecule has 7 nitrogen and oxygen atoms in total. The molecule has 0 saturated carbocycles. The first kappa shape index (κ1) is 14.7. The third-order valence-electron chi connectivity index (χ3n) is 4.76. The highest BCUT2D eigenvalue weighted by Gasteiger charge is 2.25. The summed E-state index contributed by atoms with van der Waals surface area (Å²) in [6.45, 7) is 3.23. The third kappa shape index (κ3) is 2.42. The van der Waals surface area contributed by atoms with Gasteiger partial charge in [0.2, 0.25) is 5.95 Å². The molecule has 0 unspecified atom stereocenters. The molecule has 5 N–H and O–H groups in total. The van der Waals surface area contributed by atoms with Crippen LogP contribution in [-0.2, 0) is 0 Å². The van der Waals surface area contributed by atoms with Gasteiger partial charge in [-0.15, -0.1) is 0 Å². The molecular weight excluding hydrogens is 302 g/mol. The van der Waals surface area contributed by atoms with Crippen LogP contribution in [0.15, 0.2) is 24.3 Å². The Morgan fingerprint density at radius 2 is 2.12 bits per heavy atom. The quantitative estimate of drug-likeness (QED) is 0.683. The Kier molecular flexibility index (Phi) is 3.48. The Balaban J connectivity index is 1.77. The summed E-state index contributed by atoms with van der Waals surface area (Å²) in [4.78, 5) is 11.2. The zero-order valence-electron chi connectivity index (χ0n) is 13.7. The number of rotatable bonds is 3. The molecule has 24 heavy (non-hydrogen) atoms. The molecule has 1 saturated heterocycles. The van der Waals surface area contributed by atoms with Crippen molar-refractivity contribution < 1.29 is 0 Å². The highest BCUT2D eigenvalue weighted by Crippen LogP contribution is 2.30. The number of benzene rings is 1. The van der Waals surface area contributed by atoms with E-state index in [-0.39, 0.29) is 0 Å². The summed E-state index contributed by atoms with van der Waals surface area (Å²) < 4.78 is 0. The molecule has 0 amide bonds. The van der Waals surface area contributed by atoms with Gasteiger partial charge in [-0.3, -0.25) is 5.10 Å². The minimum atomic E-state index is 0.300. The predicted octanol–water partition coefficient (Wildman–Crippen LogP) is 2.56. The fourth-order valence-corrected chi connectivity index (χ4v) is 3.51. The fraction of sp³-hybridized carbons (Fsp3) is 0.353. The molecule has 1 aliphatic heterocycles. The van der Waals surface area contributed by atoms with Gasteiger partial charge in [0.1, 0.15) is 5.82 Å². The number of nitrogens with one attached hydrogen (secondary N) is 1. The summed E-state index contributed by atoms with van der Waals surface area (Å²) >= 11 is 0. The second kappa shape index (κ2) is 5.67. The average molecular weight is 323 g/mol. The van der Waals surface area contributed by atoms with Crippen molar-refractivity contribution in [3.05, 3.63) is 24.3 Å². The van der Waals surface area contributed by atoms with Gasteiger partial charge in [-0.05, 0) is 31.4 Å². The molecule has 7 heteroatoms. The third-order valence-corrected chi connectivity index (χ3v) is 4.76. The highest BCUT2D eigenvalue weighted by molar-refractivity contribution is 5.91. The summed E-state index contributed by atoms with van der Waals surface area (Å²) in [7, 11) is 0. The number of aromatic nitrogens is 4. The standard InChI is InChI=1S/C17H21N7/c1-2-11-4-3-7-24(11)15-9-13(20-17(19)21-15)10-5-6-12-14(8-10)22-23-16(12)18/h5-6,8-9,11H,2-4,7H2,1H3,(H3,18,22,23)(H2,19,20,21)/t11-/m1/s1. The van der Waals surface area contributed by atoms with Gasteiger partial charge in [-0.25, -0.2) is 4.98 Å². The van der Waals surface area contributed by atoms with Crippen LogP contribution in [0, 0.1) is 0 Å². The van der Waals surface area contributed by atoms with Crippen LogP contribution in [0.3, 0.4) is 0 Å². The Bertz CT molecular complexity index is 886. The zero-order valence-corrected chi connectivity index (χ0v) is 13.7. The van der Waals surface area contributed by atoms with Crippen molar-refractivity contribution in [2.24, 2.45) is 0 Å². The molecule has 3 heterocycles. The maximum atomic E-state index is 5.98. The number of nitrogens with two attached hydrogens (primary N) is 2. The van der Waals surface area contributed by atoms with Gasteiger partial charge < -0.3 is 16.4 Å². The van der Waals surface area contributed by atoms with Crippen molar-refractivity contribution in [1.82, 2.24) is 20.2 Å². The summed E-state index contributed by atoms with van der Waals surface area (Å²) in [6, 6.07) is 8.48. The number of hydrogen-bond acceptors (Lipinski definition) is 6. The van der Waals surface area contributed by atoms with Crippen LogP contribution in [0.25, 0.3) is 22.2 Å². The van der Waals surface area contributed by atoms with Crippen LogP contribution < -0.4 is 16.4 Å².